The molecule has 0 unspecified atom stereocenters. The summed E-state index contributed by atoms with van der Waals surface area (Å²) >= 11 is 3.12. The molecule has 2 rings (SSSR count). The lowest BCUT2D eigenvalue weighted by atomic mass is 10.1. The summed E-state index contributed by atoms with van der Waals surface area (Å²) in [6.07, 6.45) is 0. The highest BCUT2D eigenvalue weighted by atomic mass is 79.9. The minimum atomic E-state index is -0.429. The summed E-state index contributed by atoms with van der Waals surface area (Å²) < 4.78 is 13.4. The average molecular weight is 293 g/mol. The Labute approximate surface area is 105 Å². The highest BCUT2D eigenvalue weighted by molar-refractivity contribution is 9.10. The molecule has 0 amide bonds. The van der Waals surface area contributed by atoms with E-state index in [-0.39, 0.29) is 17.1 Å². The first kappa shape index (κ1) is 11.6. The fourth-order valence-electron chi connectivity index (χ4n) is 1.40. The molecule has 0 aliphatic carbocycles. The molecule has 1 heterocycles. The molecule has 0 saturated heterocycles. The van der Waals surface area contributed by atoms with Gasteiger partial charge in [-0.05, 0) is 34.1 Å². The zero-order valence-electron chi connectivity index (χ0n) is 8.48. The molecular weight excluding hydrogens is 287 g/mol. The first-order valence-corrected chi connectivity index (χ1v) is 5.46. The minimum absolute atomic E-state index is 0.116. The van der Waals surface area contributed by atoms with E-state index < -0.39 is 5.82 Å². The Morgan fingerprint density at radius 2 is 2.12 bits per heavy atom. The molecule has 0 radical (unpaired) electrons. The molecule has 0 saturated carbocycles. The number of pyridine rings is 1. The molecule has 3 nitrogen and oxygen atoms in total. The van der Waals surface area contributed by atoms with E-state index in [0.717, 1.165) is 0 Å². The number of aromatic hydroxyl groups is 1. The molecule has 5 heteroatoms. The van der Waals surface area contributed by atoms with Crippen LogP contribution >= 0.6 is 15.9 Å². The molecule has 84 valence electrons. The Balaban J connectivity index is 2.67. The van der Waals surface area contributed by atoms with Gasteiger partial charge in [0.1, 0.15) is 23.3 Å². The van der Waals surface area contributed by atoms with Crippen molar-refractivity contribution in [2.45, 2.75) is 0 Å². The van der Waals surface area contributed by atoms with Crippen LogP contribution < -0.4 is 0 Å². The Hall–Kier alpha value is -1.93. The van der Waals surface area contributed by atoms with Crippen LogP contribution in [0.2, 0.25) is 0 Å². The Bertz CT molecular complexity index is 622. The van der Waals surface area contributed by atoms with E-state index in [1.807, 2.05) is 6.07 Å². The van der Waals surface area contributed by atoms with E-state index in [1.54, 1.807) is 6.07 Å². The molecule has 0 atom stereocenters. The van der Waals surface area contributed by atoms with Crippen molar-refractivity contribution in [3.8, 4) is 23.1 Å². The lowest BCUT2D eigenvalue weighted by Gasteiger charge is -2.06. The third-order valence-corrected chi connectivity index (χ3v) is 2.76. The molecule has 0 aliphatic rings. The maximum atomic E-state index is 13.1. The van der Waals surface area contributed by atoms with Crippen LogP contribution in [0.25, 0.3) is 11.3 Å². The summed E-state index contributed by atoms with van der Waals surface area (Å²) in [5.41, 5.74) is 0.740. The number of rotatable bonds is 1. The van der Waals surface area contributed by atoms with E-state index in [1.165, 1.54) is 24.3 Å². The second kappa shape index (κ2) is 4.52. The Morgan fingerprint density at radius 1 is 1.35 bits per heavy atom. The number of benzene rings is 1. The third-order valence-electron chi connectivity index (χ3n) is 2.16. The van der Waals surface area contributed by atoms with Gasteiger partial charge in [0.15, 0.2) is 5.75 Å². The summed E-state index contributed by atoms with van der Waals surface area (Å²) in [6.45, 7) is 0. The molecule has 0 bridgehead atoms. The van der Waals surface area contributed by atoms with E-state index in [0.29, 0.717) is 10.0 Å². The lowest BCUT2D eigenvalue weighted by molar-refractivity contribution is 0.471. The van der Waals surface area contributed by atoms with Crippen LogP contribution in [0.1, 0.15) is 5.69 Å². The van der Waals surface area contributed by atoms with Gasteiger partial charge in [-0.1, -0.05) is 12.1 Å². The van der Waals surface area contributed by atoms with Gasteiger partial charge in [-0.15, -0.1) is 0 Å². The normalized spacial score (nSPS) is 9.94. The van der Waals surface area contributed by atoms with Crippen molar-refractivity contribution >= 4 is 15.9 Å². The summed E-state index contributed by atoms with van der Waals surface area (Å²) in [4.78, 5) is 3.96. The van der Waals surface area contributed by atoms with Crippen LogP contribution in [0.5, 0.6) is 5.75 Å². The van der Waals surface area contributed by atoms with Crippen molar-refractivity contribution in [3.63, 3.8) is 0 Å². The van der Waals surface area contributed by atoms with Crippen molar-refractivity contribution in [1.82, 2.24) is 4.98 Å². The number of hydrogen-bond donors (Lipinski definition) is 1. The Morgan fingerprint density at radius 3 is 2.76 bits per heavy atom. The van der Waals surface area contributed by atoms with Crippen LogP contribution in [0.15, 0.2) is 34.8 Å². The van der Waals surface area contributed by atoms with Crippen molar-refractivity contribution in [1.29, 1.82) is 5.26 Å². The smallest absolute Gasteiger partial charge is 0.156 e. The highest BCUT2D eigenvalue weighted by Crippen LogP contribution is 2.34. The predicted molar refractivity (Wildman–Crippen MR) is 63.7 cm³/mol. The first-order chi connectivity index (χ1) is 8.11. The predicted octanol–water partition coefficient (Wildman–Crippen LogP) is 3.23. The second-order valence-corrected chi connectivity index (χ2v) is 4.16. The van der Waals surface area contributed by atoms with Gasteiger partial charge in [0, 0.05) is 5.56 Å². The molecule has 0 fully saturated rings. The SMILES string of the molecule is N#Cc1cc(Br)c(O)c(-c2cccc(F)c2)n1. The highest BCUT2D eigenvalue weighted by Gasteiger charge is 2.12. The number of hydrogen-bond acceptors (Lipinski definition) is 3. The minimum Gasteiger partial charge on any atom is -0.505 e. The molecule has 0 aliphatic heterocycles. The van der Waals surface area contributed by atoms with Gasteiger partial charge in [0.25, 0.3) is 0 Å². The van der Waals surface area contributed by atoms with Gasteiger partial charge < -0.3 is 5.11 Å². The number of nitrogens with zero attached hydrogens (tertiary/aromatic N) is 2. The summed E-state index contributed by atoms with van der Waals surface area (Å²) in [5.74, 6) is -0.545. The quantitative estimate of drug-likeness (QED) is 0.878. The lowest BCUT2D eigenvalue weighted by Crippen LogP contribution is -1.90. The molecule has 1 aromatic heterocycles. The summed E-state index contributed by atoms with van der Waals surface area (Å²) in [7, 11) is 0. The molecule has 1 aromatic carbocycles. The average Bonchev–Trinajstić information content (AvgIpc) is 2.32. The van der Waals surface area contributed by atoms with Crippen molar-refractivity contribution in [2.24, 2.45) is 0 Å². The van der Waals surface area contributed by atoms with Gasteiger partial charge in [-0.2, -0.15) is 5.26 Å². The molecule has 2 aromatic rings. The molecule has 0 spiro atoms. The van der Waals surface area contributed by atoms with Crippen molar-refractivity contribution < 1.29 is 9.50 Å². The van der Waals surface area contributed by atoms with Gasteiger partial charge in [-0.25, -0.2) is 9.37 Å². The van der Waals surface area contributed by atoms with E-state index in [2.05, 4.69) is 20.9 Å². The van der Waals surface area contributed by atoms with Crippen LogP contribution in [0.4, 0.5) is 4.39 Å². The molecule has 17 heavy (non-hydrogen) atoms. The monoisotopic (exact) mass is 292 g/mol. The number of nitriles is 1. The van der Waals surface area contributed by atoms with Crippen LogP contribution in [0.3, 0.4) is 0 Å². The van der Waals surface area contributed by atoms with Gasteiger partial charge in [-0.3, -0.25) is 0 Å². The van der Waals surface area contributed by atoms with Gasteiger partial charge in [0.2, 0.25) is 0 Å². The Kier molecular flexibility index (Phi) is 3.07. The molecule has 1 N–H and O–H groups in total. The summed E-state index contributed by atoms with van der Waals surface area (Å²) in [5, 5.41) is 18.6. The maximum Gasteiger partial charge on any atom is 0.156 e. The summed E-state index contributed by atoms with van der Waals surface area (Å²) in [6, 6.07) is 8.94. The van der Waals surface area contributed by atoms with E-state index in [4.69, 9.17) is 5.26 Å². The first-order valence-electron chi connectivity index (χ1n) is 4.67. The zero-order chi connectivity index (χ0) is 12.4. The van der Waals surface area contributed by atoms with Gasteiger partial charge >= 0.3 is 0 Å². The zero-order valence-corrected chi connectivity index (χ0v) is 10.1. The second-order valence-electron chi connectivity index (χ2n) is 3.31. The van der Waals surface area contributed by atoms with E-state index in [9.17, 15) is 9.50 Å². The molecular formula is C12H6BrFN2O. The fourth-order valence-corrected chi connectivity index (χ4v) is 1.81. The number of aromatic nitrogens is 1. The van der Waals surface area contributed by atoms with E-state index >= 15 is 0 Å². The van der Waals surface area contributed by atoms with Crippen molar-refractivity contribution in [3.05, 3.63) is 46.3 Å². The third kappa shape index (κ3) is 2.27. The van der Waals surface area contributed by atoms with Crippen LogP contribution in [0, 0.1) is 17.1 Å². The largest absolute Gasteiger partial charge is 0.505 e. The van der Waals surface area contributed by atoms with Crippen LogP contribution in [-0.4, -0.2) is 10.1 Å². The standard InChI is InChI=1S/C12H6BrFN2O/c13-10-5-9(6-15)16-11(12(10)17)7-2-1-3-8(14)4-7/h1-5,17H. The fraction of sp³-hybridized carbons (Fsp3) is 0. The van der Waals surface area contributed by atoms with Crippen molar-refractivity contribution in [2.75, 3.05) is 0 Å². The van der Waals surface area contributed by atoms with Gasteiger partial charge in [0.05, 0.1) is 4.47 Å². The number of halogens is 2. The topological polar surface area (TPSA) is 56.9 Å². The maximum absolute atomic E-state index is 13.1. The van der Waals surface area contributed by atoms with Crippen LogP contribution in [-0.2, 0) is 0 Å².